The SMILES string of the molecule is O=C(O)c1coc(Cn2c(C3CC(c4ccccc4)=NO3)cc3c4ccccc4ccc32)c1. The lowest BCUT2D eigenvalue weighted by Crippen LogP contribution is -2.09. The average molecular weight is 436 g/mol. The lowest BCUT2D eigenvalue weighted by molar-refractivity contribution is 0.0696. The summed E-state index contributed by atoms with van der Waals surface area (Å²) in [5.41, 5.74) is 4.11. The van der Waals surface area contributed by atoms with Crippen molar-refractivity contribution in [3.05, 3.63) is 108 Å². The van der Waals surface area contributed by atoms with E-state index >= 15 is 0 Å². The smallest absolute Gasteiger partial charge is 0.338 e. The summed E-state index contributed by atoms with van der Waals surface area (Å²) < 4.78 is 7.71. The molecule has 0 bridgehead atoms. The predicted octanol–water partition coefficient (Wildman–Crippen LogP) is 6.00. The summed E-state index contributed by atoms with van der Waals surface area (Å²) in [5, 5.41) is 17.1. The van der Waals surface area contributed by atoms with E-state index in [9.17, 15) is 9.90 Å². The topological polar surface area (TPSA) is 77.0 Å². The van der Waals surface area contributed by atoms with Crippen LogP contribution in [0.4, 0.5) is 0 Å². The van der Waals surface area contributed by atoms with Gasteiger partial charge in [0, 0.05) is 17.3 Å². The van der Waals surface area contributed by atoms with Crippen LogP contribution in [-0.2, 0) is 11.4 Å². The van der Waals surface area contributed by atoms with Crippen LogP contribution in [0.3, 0.4) is 0 Å². The van der Waals surface area contributed by atoms with Crippen molar-refractivity contribution in [3.63, 3.8) is 0 Å². The minimum Gasteiger partial charge on any atom is -0.478 e. The molecular formula is C27H20N2O4. The van der Waals surface area contributed by atoms with E-state index in [-0.39, 0.29) is 11.7 Å². The monoisotopic (exact) mass is 436 g/mol. The molecule has 5 aromatic rings. The highest BCUT2D eigenvalue weighted by Gasteiger charge is 2.28. The van der Waals surface area contributed by atoms with E-state index in [1.165, 1.54) is 6.26 Å². The number of carboxylic acid groups (broad SMARTS) is 1. The highest BCUT2D eigenvalue weighted by atomic mass is 16.6. The Morgan fingerprint density at radius 2 is 1.82 bits per heavy atom. The summed E-state index contributed by atoms with van der Waals surface area (Å²) in [5.74, 6) is -0.435. The zero-order chi connectivity index (χ0) is 22.4. The molecule has 0 fully saturated rings. The van der Waals surface area contributed by atoms with Gasteiger partial charge in [0.05, 0.1) is 23.5 Å². The molecule has 1 N–H and O–H groups in total. The number of fused-ring (bicyclic) bond motifs is 3. The van der Waals surface area contributed by atoms with Crippen molar-refractivity contribution < 1.29 is 19.2 Å². The van der Waals surface area contributed by atoms with Crippen molar-refractivity contribution in [2.45, 2.75) is 19.1 Å². The summed E-state index contributed by atoms with van der Waals surface area (Å²) in [6, 6.07) is 26.2. The molecule has 33 heavy (non-hydrogen) atoms. The Bertz CT molecular complexity index is 1530. The zero-order valence-electron chi connectivity index (χ0n) is 17.6. The maximum Gasteiger partial charge on any atom is 0.338 e. The van der Waals surface area contributed by atoms with Crippen LogP contribution in [0, 0.1) is 0 Å². The molecule has 162 valence electrons. The molecule has 6 nitrogen and oxygen atoms in total. The quantitative estimate of drug-likeness (QED) is 0.367. The number of oxime groups is 1. The van der Waals surface area contributed by atoms with Gasteiger partial charge in [-0.3, -0.25) is 0 Å². The minimum absolute atomic E-state index is 0.139. The molecule has 1 atom stereocenters. The van der Waals surface area contributed by atoms with Crippen LogP contribution in [0.1, 0.15) is 39.9 Å². The Balaban J connectivity index is 1.45. The second-order valence-electron chi connectivity index (χ2n) is 8.18. The van der Waals surface area contributed by atoms with Crippen LogP contribution >= 0.6 is 0 Å². The van der Waals surface area contributed by atoms with Gasteiger partial charge in [0.25, 0.3) is 0 Å². The van der Waals surface area contributed by atoms with E-state index in [1.54, 1.807) is 6.07 Å². The summed E-state index contributed by atoms with van der Waals surface area (Å²) in [6.07, 6.45) is 1.68. The van der Waals surface area contributed by atoms with Gasteiger partial charge in [-0.05, 0) is 34.5 Å². The molecule has 3 aromatic carbocycles. The number of aromatic carboxylic acids is 1. The molecule has 1 aliphatic heterocycles. The molecule has 0 radical (unpaired) electrons. The molecule has 0 amide bonds. The van der Waals surface area contributed by atoms with Gasteiger partial charge in [0.2, 0.25) is 0 Å². The van der Waals surface area contributed by atoms with Crippen LogP contribution in [-0.4, -0.2) is 21.4 Å². The number of benzene rings is 3. The standard InChI is InChI=1S/C27H20N2O4/c30-27(31)19-12-20(32-16-19)15-29-24-11-10-17-6-4-5-9-21(17)22(24)13-25(29)26-14-23(28-33-26)18-7-2-1-3-8-18/h1-13,16,26H,14-15H2,(H,30,31). The number of furan rings is 1. The number of nitrogens with zero attached hydrogens (tertiary/aromatic N) is 2. The van der Waals surface area contributed by atoms with Crippen molar-refractivity contribution in [1.29, 1.82) is 0 Å². The minimum atomic E-state index is -1.01. The number of carbonyl (C=O) groups is 1. The summed E-state index contributed by atoms with van der Waals surface area (Å²) in [4.78, 5) is 17.2. The third-order valence-corrected chi connectivity index (χ3v) is 6.16. The average Bonchev–Trinajstić information content (AvgIpc) is 3.59. The fraction of sp³-hybridized carbons (Fsp3) is 0.111. The number of hydrogen-bond acceptors (Lipinski definition) is 4. The third kappa shape index (κ3) is 3.36. The maximum absolute atomic E-state index is 11.3. The van der Waals surface area contributed by atoms with Crippen molar-refractivity contribution >= 4 is 33.4 Å². The van der Waals surface area contributed by atoms with Gasteiger partial charge in [-0.15, -0.1) is 0 Å². The summed E-state index contributed by atoms with van der Waals surface area (Å²) in [6.45, 7) is 0.394. The van der Waals surface area contributed by atoms with Crippen LogP contribution in [0.15, 0.2) is 94.7 Å². The normalized spacial score (nSPS) is 15.6. The van der Waals surface area contributed by atoms with E-state index < -0.39 is 5.97 Å². The highest BCUT2D eigenvalue weighted by molar-refractivity contribution is 6.07. The van der Waals surface area contributed by atoms with E-state index in [0.29, 0.717) is 18.7 Å². The van der Waals surface area contributed by atoms with Gasteiger partial charge >= 0.3 is 5.97 Å². The molecule has 2 aromatic heterocycles. The van der Waals surface area contributed by atoms with Crippen molar-refractivity contribution in [2.75, 3.05) is 0 Å². The van der Waals surface area contributed by atoms with E-state index in [4.69, 9.17) is 9.25 Å². The fourth-order valence-corrected chi connectivity index (χ4v) is 4.55. The molecule has 0 aliphatic carbocycles. The largest absolute Gasteiger partial charge is 0.478 e. The second kappa shape index (κ2) is 7.67. The van der Waals surface area contributed by atoms with Crippen LogP contribution in [0.25, 0.3) is 21.7 Å². The lowest BCUT2D eigenvalue weighted by atomic mass is 10.0. The third-order valence-electron chi connectivity index (χ3n) is 6.16. The molecule has 0 saturated carbocycles. The van der Waals surface area contributed by atoms with Gasteiger partial charge in [-0.25, -0.2) is 4.79 Å². The Labute approximate surface area is 189 Å². The van der Waals surface area contributed by atoms with E-state index in [2.05, 4.69) is 40.1 Å². The Morgan fingerprint density at radius 3 is 2.64 bits per heavy atom. The van der Waals surface area contributed by atoms with Crippen LogP contribution < -0.4 is 0 Å². The molecule has 6 heteroatoms. The number of hydrogen-bond donors (Lipinski definition) is 1. The molecule has 1 unspecified atom stereocenters. The zero-order valence-corrected chi connectivity index (χ0v) is 17.6. The maximum atomic E-state index is 11.3. The molecule has 0 spiro atoms. The fourth-order valence-electron chi connectivity index (χ4n) is 4.55. The number of carboxylic acids is 1. The van der Waals surface area contributed by atoms with Crippen LogP contribution in [0.5, 0.6) is 0 Å². The van der Waals surface area contributed by atoms with Gasteiger partial charge in [0.1, 0.15) is 12.0 Å². The Morgan fingerprint density at radius 1 is 1.00 bits per heavy atom. The summed E-state index contributed by atoms with van der Waals surface area (Å²) in [7, 11) is 0. The van der Waals surface area contributed by atoms with Gasteiger partial charge in [0.15, 0.2) is 6.10 Å². The van der Waals surface area contributed by atoms with Gasteiger partial charge in [-0.1, -0.05) is 65.8 Å². The lowest BCUT2D eigenvalue weighted by Gasteiger charge is -2.13. The molecule has 1 aliphatic rings. The van der Waals surface area contributed by atoms with Crippen LogP contribution in [0.2, 0.25) is 0 Å². The molecule has 0 saturated heterocycles. The number of rotatable bonds is 5. The summed E-state index contributed by atoms with van der Waals surface area (Å²) >= 11 is 0. The Kier molecular flexibility index (Phi) is 4.50. The second-order valence-corrected chi connectivity index (χ2v) is 8.18. The van der Waals surface area contributed by atoms with Crippen molar-refractivity contribution in [1.82, 2.24) is 4.57 Å². The van der Waals surface area contributed by atoms with Crippen molar-refractivity contribution in [2.24, 2.45) is 5.16 Å². The van der Waals surface area contributed by atoms with Gasteiger partial charge in [-0.2, -0.15) is 0 Å². The highest BCUT2D eigenvalue weighted by Crippen LogP contribution is 2.36. The molecule has 3 heterocycles. The van der Waals surface area contributed by atoms with Gasteiger partial charge < -0.3 is 18.9 Å². The molecule has 6 rings (SSSR count). The van der Waals surface area contributed by atoms with E-state index in [0.717, 1.165) is 38.6 Å². The van der Waals surface area contributed by atoms with Crippen molar-refractivity contribution in [3.8, 4) is 0 Å². The Hall–Kier alpha value is -4.32. The number of aromatic nitrogens is 1. The first kappa shape index (κ1) is 19.4. The first-order valence-corrected chi connectivity index (χ1v) is 10.8. The van der Waals surface area contributed by atoms with E-state index in [1.807, 2.05) is 42.5 Å². The first-order valence-electron chi connectivity index (χ1n) is 10.8. The predicted molar refractivity (Wildman–Crippen MR) is 126 cm³/mol. The molecular weight excluding hydrogens is 416 g/mol. The first-order chi connectivity index (χ1) is 16.2.